The lowest BCUT2D eigenvalue weighted by molar-refractivity contribution is -0.126. The number of carbonyl (C=O) groups excluding carboxylic acids is 1. The minimum Gasteiger partial charge on any atom is -0.489 e. The summed E-state index contributed by atoms with van der Waals surface area (Å²) in [5, 5.41) is 13.6. The van der Waals surface area contributed by atoms with Crippen LogP contribution in [-0.2, 0) is 24.4 Å². The van der Waals surface area contributed by atoms with Crippen molar-refractivity contribution in [2.24, 2.45) is 5.92 Å². The van der Waals surface area contributed by atoms with E-state index in [0.29, 0.717) is 28.8 Å². The minimum atomic E-state index is -0.955. The van der Waals surface area contributed by atoms with Gasteiger partial charge in [0.1, 0.15) is 18.2 Å². The van der Waals surface area contributed by atoms with Crippen molar-refractivity contribution in [1.82, 2.24) is 14.9 Å². The molecule has 1 saturated carbocycles. The highest BCUT2D eigenvalue weighted by molar-refractivity contribution is 6.36. The summed E-state index contributed by atoms with van der Waals surface area (Å²) in [5.74, 6) is 0.659. The maximum absolute atomic E-state index is 13.6. The molecule has 1 aliphatic carbocycles. The third-order valence-electron chi connectivity index (χ3n) is 8.34. The van der Waals surface area contributed by atoms with Crippen LogP contribution >= 0.6 is 23.2 Å². The van der Waals surface area contributed by atoms with Crippen LogP contribution in [0.25, 0.3) is 11.3 Å². The molecule has 1 amide bonds. The van der Waals surface area contributed by atoms with Crippen LogP contribution in [0.15, 0.2) is 72.9 Å². The van der Waals surface area contributed by atoms with E-state index >= 15 is 0 Å². The topological polar surface area (TPSA) is 93.5 Å². The molecule has 4 aromatic rings. The number of amides is 1. The van der Waals surface area contributed by atoms with Crippen LogP contribution in [0.5, 0.6) is 5.75 Å². The van der Waals surface area contributed by atoms with Crippen LogP contribution in [0.2, 0.25) is 10.0 Å². The Kier molecular flexibility index (Phi) is 11.2. The van der Waals surface area contributed by atoms with Crippen molar-refractivity contribution in [1.29, 1.82) is 0 Å². The Balaban J connectivity index is 1.38. The first-order valence-electron chi connectivity index (χ1n) is 15.7. The third-order valence-corrected chi connectivity index (χ3v) is 8.89. The van der Waals surface area contributed by atoms with Crippen LogP contribution in [0, 0.1) is 5.92 Å². The zero-order chi connectivity index (χ0) is 31.8. The Morgan fingerprint density at radius 1 is 1.00 bits per heavy atom. The van der Waals surface area contributed by atoms with E-state index in [-0.39, 0.29) is 23.4 Å². The molecular formula is C36H39Cl2N3O4. The number of carboxylic acid groups (broad SMARTS) is 1. The van der Waals surface area contributed by atoms with Gasteiger partial charge in [-0.1, -0.05) is 80.1 Å². The van der Waals surface area contributed by atoms with Crippen molar-refractivity contribution in [3.63, 3.8) is 0 Å². The number of ether oxygens (including phenoxy) is 1. The molecule has 0 radical (unpaired) electrons. The number of aromatic nitrogens is 2. The Labute approximate surface area is 274 Å². The highest BCUT2D eigenvalue weighted by atomic mass is 35.5. The van der Waals surface area contributed by atoms with Gasteiger partial charge in [0, 0.05) is 29.2 Å². The summed E-state index contributed by atoms with van der Waals surface area (Å²) in [5.41, 5.74) is 3.71. The number of aryl methyl sites for hydroxylation is 1. The Morgan fingerprint density at radius 2 is 1.71 bits per heavy atom. The normalized spacial score (nSPS) is 14.2. The third kappa shape index (κ3) is 8.68. The van der Waals surface area contributed by atoms with Gasteiger partial charge in [-0.15, -0.1) is 0 Å². The van der Waals surface area contributed by atoms with Crippen LogP contribution in [0.1, 0.15) is 85.2 Å². The molecule has 0 bridgehead atoms. The molecule has 1 atom stereocenters. The number of benzene rings is 3. The van der Waals surface area contributed by atoms with E-state index < -0.39 is 5.97 Å². The molecule has 0 aliphatic heterocycles. The number of nitrogens with one attached hydrogen (secondary N) is 1. The number of hydrogen-bond donors (Lipinski definition) is 2. The second-order valence-corrected chi connectivity index (χ2v) is 12.5. The van der Waals surface area contributed by atoms with Gasteiger partial charge >= 0.3 is 5.97 Å². The number of hydrogen-bond acceptors (Lipinski definition) is 4. The molecule has 45 heavy (non-hydrogen) atoms. The molecular weight excluding hydrogens is 609 g/mol. The van der Waals surface area contributed by atoms with Crippen LogP contribution in [0.3, 0.4) is 0 Å². The number of rotatable bonds is 13. The summed E-state index contributed by atoms with van der Waals surface area (Å²) < 4.78 is 8.12. The lowest BCUT2D eigenvalue weighted by Crippen LogP contribution is -2.37. The number of aromatic carboxylic acids is 1. The van der Waals surface area contributed by atoms with Gasteiger partial charge in [0.2, 0.25) is 5.91 Å². The van der Waals surface area contributed by atoms with E-state index in [0.717, 1.165) is 73.3 Å². The largest absolute Gasteiger partial charge is 0.489 e. The molecule has 1 aromatic heterocycles. The monoisotopic (exact) mass is 647 g/mol. The molecule has 1 heterocycles. The SMILES string of the molecule is CCCCn1cc(-c2ccc(Cl)cc2Cl)nc1[C@H](Cc1ccc(OCc2ccc(C(=O)O)cc2)cc1)NC(=O)C1CCCCC1. The molecule has 0 saturated heterocycles. The number of imidazole rings is 1. The lowest BCUT2D eigenvalue weighted by atomic mass is 9.88. The van der Waals surface area contributed by atoms with Crippen molar-refractivity contribution in [3.05, 3.63) is 105 Å². The average molecular weight is 649 g/mol. The summed E-state index contributed by atoms with van der Waals surface area (Å²) in [6.07, 6.45) is 9.77. The molecule has 0 unspecified atom stereocenters. The molecule has 7 nitrogen and oxygen atoms in total. The quantitative estimate of drug-likeness (QED) is 0.151. The summed E-state index contributed by atoms with van der Waals surface area (Å²) in [7, 11) is 0. The first-order valence-corrected chi connectivity index (χ1v) is 16.4. The van der Waals surface area contributed by atoms with E-state index in [2.05, 4.69) is 16.8 Å². The van der Waals surface area contributed by atoms with Crippen molar-refractivity contribution < 1.29 is 19.4 Å². The molecule has 2 N–H and O–H groups in total. The van der Waals surface area contributed by atoms with Crippen molar-refractivity contribution in [2.75, 3.05) is 0 Å². The number of carbonyl (C=O) groups is 2. The van der Waals surface area contributed by atoms with Gasteiger partial charge in [-0.05, 0) is 79.3 Å². The van der Waals surface area contributed by atoms with Gasteiger partial charge in [-0.25, -0.2) is 9.78 Å². The second-order valence-electron chi connectivity index (χ2n) is 11.7. The fourth-order valence-electron chi connectivity index (χ4n) is 5.77. The molecule has 1 fully saturated rings. The average Bonchev–Trinajstić information content (AvgIpc) is 3.47. The predicted octanol–water partition coefficient (Wildman–Crippen LogP) is 8.91. The van der Waals surface area contributed by atoms with Gasteiger partial charge in [0.05, 0.1) is 22.3 Å². The van der Waals surface area contributed by atoms with Gasteiger partial charge in [-0.2, -0.15) is 0 Å². The first-order chi connectivity index (χ1) is 21.8. The molecule has 236 valence electrons. The van der Waals surface area contributed by atoms with Gasteiger partial charge in [0.15, 0.2) is 0 Å². The maximum Gasteiger partial charge on any atom is 0.335 e. The van der Waals surface area contributed by atoms with E-state index in [1.807, 2.05) is 42.6 Å². The first kappa shape index (κ1) is 32.6. The van der Waals surface area contributed by atoms with E-state index in [1.165, 1.54) is 6.42 Å². The fourth-order valence-corrected chi connectivity index (χ4v) is 6.28. The highest BCUT2D eigenvalue weighted by Gasteiger charge is 2.27. The van der Waals surface area contributed by atoms with Crippen LogP contribution in [-0.4, -0.2) is 26.5 Å². The smallest absolute Gasteiger partial charge is 0.335 e. The molecule has 3 aromatic carbocycles. The maximum atomic E-state index is 13.6. The van der Waals surface area contributed by atoms with Gasteiger partial charge in [-0.3, -0.25) is 4.79 Å². The fraction of sp³-hybridized carbons (Fsp3) is 0.361. The summed E-state index contributed by atoms with van der Waals surface area (Å²) >= 11 is 12.8. The number of halogens is 2. The Hall–Kier alpha value is -3.81. The molecule has 1 aliphatic rings. The predicted molar refractivity (Wildman–Crippen MR) is 178 cm³/mol. The van der Waals surface area contributed by atoms with Gasteiger partial charge in [0.25, 0.3) is 0 Å². The zero-order valence-electron chi connectivity index (χ0n) is 25.5. The number of carboxylic acids is 1. The minimum absolute atomic E-state index is 0.0193. The van der Waals surface area contributed by atoms with E-state index in [9.17, 15) is 9.59 Å². The van der Waals surface area contributed by atoms with E-state index in [4.69, 9.17) is 38.0 Å². The van der Waals surface area contributed by atoms with E-state index in [1.54, 1.807) is 30.3 Å². The Bertz CT molecular complexity index is 1600. The zero-order valence-corrected chi connectivity index (χ0v) is 27.0. The Morgan fingerprint density at radius 3 is 2.38 bits per heavy atom. The summed E-state index contributed by atoms with van der Waals surface area (Å²) in [6, 6.07) is 19.6. The van der Waals surface area contributed by atoms with Crippen LogP contribution < -0.4 is 10.1 Å². The lowest BCUT2D eigenvalue weighted by Gasteiger charge is -2.25. The number of nitrogens with zero attached hydrogens (tertiary/aromatic N) is 2. The highest BCUT2D eigenvalue weighted by Crippen LogP contribution is 2.32. The van der Waals surface area contributed by atoms with Gasteiger partial charge < -0.3 is 19.7 Å². The summed E-state index contributed by atoms with van der Waals surface area (Å²) in [4.78, 5) is 29.8. The summed E-state index contributed by atoms with van der Waals surface area (Å²) in [6.45, 7) is 3.26. The molecule has 0 spiro atoms. The molecule has 5 rings (SSSR count). The van der Waals surface area contributed by atoms with Crippen molar-refractivity contribution >= 4 is 35.1 Å². The van der Waals surface area contributed by atoms with Crippen molar-refractivity contribution in [3.8, 4) is 17.0 Å². The molecule has 9 heteroatoms. The van der Waals surface area contributed by atoms with Crippen LogP contribution in [0.4, 0.5) is 0 Å². The van der Waals surface area contributed by atoms with Crippen molar-refractivity contribution in [2.45, 2.75) is 77.5 Å². The second kappa shape index (κ2) is 15.5. The number of unbranched alkanes of at least 4 members (excludes halogenated alkanes) is 1. The standard InChI is InChI=1S/C36H39Cl2N3O4/c1-2-3-19-41-22-33(30-18-15-28(37)21-31(30)38)39-34(41)32(40-35(42)26-7-5-4-6-8-26)20-24-11-16-29(17-12-24)45-23-25-9-13-27(14-10-25)36(43)44/h9-18,21-22,26,32H,2-8,19-20,23H2,1H3,(H,40,42)(H,43,44)/t32-/m0/s1.